The first-order chi connectivity index (χ1) is 12.7. The molecule has 3 rings (SSSR count). The summed E-state index contributed by atoms with van der Waals surface area (Å²) in [5.74, 6) is 0. The fourth-order valence-electron chi connectivity index (χ4n) is 2.91. The first-order valence-corrected chi connectivity index (χ1v) is 8.45. The van der Waals surface area contributed by atoms with E-state index in [4.69, 9.17) is 4.74 Å². The van der Waals surface area contributed by atoms with Gasteiger partial charge in [0.05, 0.1) is 6.61 Å². The third kappa shape index (κ3) is 3.92. The van der Waals surface area contributed by atoms with Crippen molar-refractivity contribution in [3.05, 3.63) is 108 Å². The van der Waals surface area contributed by atoms with Crippen molar-refractivity contribution in [1.29, 1.82) is 0 Å². The van der Waals surface area contributed by atoms with Crippen LogP contribution in [0.3, 0.4) is 0 Å². The molecule has 0 fully saturated rings. The summed E-state index contributed by atoms with van der Waals surface area (Å²) in [6, 6.07) is 28.3. The molecule has 0 spiro atoms. The van der Waals surface area contributed by atoms with Gasteiger partial charge >= 0.3 is 6.09 Å². The van der Waals surface area contributed by atoms with E-state index in [-0.39, 0.29) is 13.2 Å². The number of hydrogen-bond donors (Lipinski definition) is 2. The van der Waals surface area contributed by atoms with Crippen LogP contribution in [0.25, 0.3) is 0 Å². The van der Waals surface area contributed by atoms with Crippen molar-refractivity contribution in [2.45, 2.75) is 12.1 Å². The van der Waals surface area contributed by atoms with E-state index in [1.807, 2.05) is 91.0 Å². The van der Waals surface area contributed by atoms with Gasteiger partial charge in [0.2, 0.25) is 0 Å². The number of hydrogen-bond acceptors (Lipinski definition) is 3. The zero-order chi connectivity index (χ0) is 18.2. The highest BCUT2D eigenvalue weighted by Gasteiger charge is 2.36. The molecule has 0 aliphatic carbocycles. The molecule has 0 bridgehead atoms. The lowest BCUT2D eigenvalue weighted by molar-refractivity contribution is 0.116. The summed E-state index contributed by atoms with van der Waals surface area (Å²) in [7, 11) is 0. The SMILES string of the molecule is O=C(NC(CO)(c1ccccc1)c1ccccc1)OCc1ccccc1. The summed E-state index contributed by atoms with van der Waals surface area (Å²) < 4.78 is 5.37. The molecule has 0 saturated heterocycles. The van der Waals surface area contributed by atoms with Crippen molar-refractivity contribution < 1.29 is 14.6 Å². The molecule has 2 N–H and O–H groups in total. The molecule has 0 radical (unpaired) electrons. The van der Waals surface area contributed by atoms with Crippen LogP contribution in [0.1, 0.15) is 16.7 Å². The number of alkyl carbamates (subject to hydrolysis) is 1. The first-order valence-electron chi connectivity index (χ1n) is 8.45. The van der Waals surface area contributed by atoms with Crippen molar-refractivity contribution in [2.75, 3.05) is 6.61 Å². The Morgan fingerprint density at radius 2 is 1.27 bits per heavy atom. The lowest BCUT2D eigenvalue weighted by Crippen LogP contribution is -2.49. The van der Waals surface area contributed by atoms with E-state index in [0.717, 1.165) is 16.7 Å². The normalized spacial score (nSPS) is 11.0. The largest absolute Gasteiger partial charge is 0.445 e. The molecule has 4 heteroatoms. The molecule has 0 heterocycles. The van der Waals surface area contributed by atoms with Gasteiger partial charge in [0.15, 0.2) is 0 Å². The summed E-state index contributed by atoms with van der Waals surface area (Å²) >= 11 is 0. The summed E-state index contributed by atoms with van der Waals surface area (Å²) in [6.07, 6.45) is -0.587. The molecule has 3 aromatic rings. The van der Waals surface area contributed by atoms with Crippen LogP contribution in [-0.4, -0.2) is 17.8 Å². The predicted molar refractivity (Wildman–Crippen MR) is 101 cm³/mol. The van der Waals surface area contributed by atoms with E-state index in [1.54, 1.807) is 0 Å². The average Bonchev–Trinajstić information content (AvgIpc) is 2.72. The van der Waals surface area contributed by atoms with Crippen LogP contribution >= 0.6 is 0 Å². The van der Waals surface area contributed by atoms with Gasteiger partial charge in [0.25, 0.3) is 0 Å². The number of nitrogens with one attached hydrogen (secondary N) is 1. The molecule has 0 aliphatic rings. The molecule has 26 heavy (non-hydrogen) atoms. The minimum Gasteiger partial charge on any atom is -0.445 e. The maximum Gasteiger partial charge on any atom is 0.408 e. The van der Waals surface area contributed by atoms with Gasteiger partial charge in [-0.1, -0.05) is 91.0 Å². The Morgan fingerprint density at radius 1 is 0.808 bits per heavy atom. The van der Waals surface area contributed by atoms with E-state index in [0.29, 0.717) is 0 Å². The number of carbonyl (C=O) groups is 1. The Balaban J connectivity index is 1.85. The molecule has 0 unspecified atom stereocenters. The summed E-state index contributed by atoms with van der Waals surface area (Å²) in [5, 5.41) is 13.1. The molecule has 1 amide bonds. The lowest BCUT2D eigenvalue weighted by Gasteiger charge is -2.33. The van der Waals surface area contributed by atoms with Gasteiger partial charge in [-0.2, -0.15) is 0 Å². The number of ether oxygens (including phenoxy) is 1. The van der Waals surface area contributed by atoms with E-state index in [9.17, 15) is 9.90 Å². The molecule has 132 valence electrons. The number of amides is 1. The maximum absolute atomic E-state index is 12.5. The third-order valence-corrected chi connectivity index (χ3v) is 4.30. The quantitative estimate of drug-likeness (QED) is 0.712. The summed E-state index contributed by atoms with van der Waals surface area (Å²) in [6.45, 7) is -0.126. The topological polar surface area (TPSA) is 58.6 Å². The van der Waals surface area contributed by atoms with Crippen LogP contribution in [-0.2, 0) is 16.9 Å². The van der Waals surface area contributed by atoms with Crippen LogP contribution in [0.4, 0.5) is 4.79 Å². The van der Waals surface area contributed by atoms with Crippen molar-refractivity contribution in [3.8, 4) is 0 Å². The van der Waals surface area contributed by atoms with Crippen molar-refractivity contribution in [3.63, 3.8) is 0 Å². The average molecular weight is 347 g/mol. The third-order valence-electron chi connectivity index (χ3n) is 4.30. The number of carbonyl (C=O) groups excluding carboxylic acids is 1. The first kappa shape index (κ1) is 17.7. The summed E-state index contributed by atoms with van der Waals surface area (Å²) in [4.78, 5) is 12.5. The molecular weight excluding hydrogens is 326 g/mol. The van der Waals surface area contributed by atoms with Gasteiger partial charge in [0.1, 0.15) is 12.1 Å². The fourth-order valence-corrected chi connectivity index (χ4v) is 2.91. The molecule has 3 aromatic carbocycles. The van der Waals surface area contributed by atoms with E-state index >= 15 is 0 Å². The molecule has 0 saturated carbocycles. The van der Waals surface area contributed by atoms with E-state index in [1.165, 1.54) is 0 Å². The smallest absolute Gasteiger partial charge is 0.408 e. The Labute approximate surface area is 153 Å². The monoisotopic (exact) mass is 347 g/mol. The molecule has 0 aromatic heterocycles. The highest BCUT2D eigenvalue weighted by atomic mass is 16.5. The van der Waals surface area contributed by atoms with E-state index in [2.05, 4.69) is 5.32 Å². The Hall–Kier alpha value is -3.11. The van der Waals surface area contributed by atoms with Gasteiger partial charge in [-0.05, 0) is 16.7 Å². The van der Waals surface area contributed by atoms with Crippen LogP contribution in [0.5, 0.6) is 0 Å². The highest BCUT2D eigenvalue weighted by molar-refractivity contribution is 5.70. The second-order valence-electron chi connectivity index (χ2n) is 5.98. The lowest BCUT2D eigenvalue weighted by atomic mass is 9.83. The van der Waals surface area contributed by atoms with Gasteiger partial charge in [0, 0.05) is 0 Å². The minimum atomic E-state index is -1.07. The van der Waals surface area contributed by atoms with E-state index < -0.39 is 11.6 Å². The van der Waals surface area contributed by atoms with Gasteiger partial charge in [-0.15, -0.1) is 0 Å². The van der Waals surface area contributed by atoms with Crippen molar-refractivity contribution >= 4 is 6.09 Å². The summed E-state index contributed by atoms with van der Waals surface area (Å²) in [5.41, 5.74) is 1.39. The number of aliphatic hydroxyl groups is 1. The van der Waals surface area contributed by atoms with Crippen LogP contribution in [0.15, 0.2) is 91.0 Å². The second kappa shape index (κ2) is 8.32. The molecule has 0 atom stereocenters. The van der Waals surface area contributed by atoms with Crippen molar-refractivity contribution in [1.82, 2.24) is 5.32 Å². The van der Waals surface area contributed by atoms with Gasteiger partial charge in [-0.3, -0.25) is 0 Å². The number of rotatable bonds is 6. The van der Waals surface area contributed by atoms with Gasteiger partial charge < -0.3 is 15.2 Å². The number of aliphatic hydroxyl groups excluding tert-OH is 1. The Kier molecular flexibility index (Phi) is 5.66. The van der Waals surface area contributed by atoms with Crippen molar-refractivity contribution in [2.24, 2.45) is 0 Å². The standard InChI is InChI=1S/C22H21NO3/c24-17-22(19-12-6-2-7-13-19,20-14-8-3-9-15-20)23-21(25)26-16-18-10-4-1-5-11-18/h1-15,24H,16-17H2,(H,23,25). The molecule has 0 aliphatic heterocycles. The minimum absolute atomic E-state index is 0.164. The predicted octanol–water partition coefficient (Wildman–Crippen LogP) is 3.85. The molecular formula is C22H21NO3. The fraction of sp³-hybridized carbons (Fsp3) is 0.136. The Morgan fingerprint density at radius 3 is 1.73 bits per heavy atom. The number of benzene rings is 3. The second-order valence-corrected chi connectivity index (χ2v) is 5.98. The van der Waals surface area contributed by atoms with Crippen LogP contribution in [0, 0.1) is 0 Å². The zero-order valence-electron chi connectivity index (χ0n) is 14.3. The Bertz CT molecular complexity index is 780. The van der Waals surface area contributed by atoms with Gasteiger partial charge in [-0.25, -0.2) is 4.79 Å². The van der Waals surface area contributed by atoms with Crippen LogP contribution < -0.4 is 5.32 Å². The highest BCUT2D eigenvalue weighted by Crippen LogP contribution is 2.29. The molecule has 4 nitrogen and oxygen atoms in total. The maximum atomic E-state index is 12.5. The zero-order valence-corrected chi connectivity index (χ0v) is 14.3. The van der Waals surface area contributed by atoms with Crippen LogP contribution in [0.2, 0.25) is 0 Å².